The van der Waals surface area contributed by atoms with Crippen molar-refractivity contribution in [2.75, 3.05) is 26.7 Å². The van der Waals surface area contributed by atoms with Gasteiger partial charge in [-0.25, -0.2) is 0 Å². The Morgan fingerprint density at radius 1 is 1.12 bits per heavy atom. The van der Waals surface area contributed by atoms with Crippen LogP contribution in [0.1, 0.15) is 60.3 Å². The Labute approximate surface area is 103 Å². The van der Waals surface area contributed by atoms with Gasteiger partial charge in [-0.15, -0.1) is 0 Å². The first-order valence-corrected chi connectivity index (χ1v) is 7.12. The number of likely N-dealkylation sites (tertiary alicyclic amines) is 1. The summed E-state index contributed by atoms with van der Waals surface area (Å²) >= 11 is 0. The molecule has 0 aliphatic carbocycles. The first-order valence-electron chi connectivity index (χ1n) is 7.12. The maximum Gasteiger partial charge on any atom is 0.0844 e. The number of nitrogens with zero attached hydrogens (tertiary/aromatic N) is 1. The molecule has 0 N–H and O–H groups in total. The molecule has 0 spiro atoms. The lowest BCUT2D eigenvalue weighted by molar-refractivity contribution is -0.924. The van der Waals surface area contributed by atoms with Gasteiger partial charge in [-0.3, -0.25) is 0 Å². The molecule has 1 nitrogen and oxygen atoms in total. The van der Waals surface area contributed by atoms with Crippen LogP contribution in [0, 0.1) is 10.8 Å². The highest BCUT2D eigenvalue weighted by atomic mass is 15.3. The van der Waals surface area contributed by atoms with Gasteiger partial charge in [0, 0.05) is 11.8 Å². The lowest BCUT2D eigenvalue weighted by atomic mass is 9.60. The molecule has 16 heavy (non-hydrogen) atoms. The maximum absolute atomic E-state index is 2.51. The Bertz CT molecular complexity index is 234. The summed E-state index contributed by atoms with van der Waals surface area (Å²) in [4.78, 5) is 0. The highest BCUT2D eigenvalue weighted by Crippen LogP contribution is 2.49. The standard InChI is InChI=1S/C15H32N/c1-7-9-11-16(6)12-10-14(3,4)15(5,8-2)13-16/h7-13H2,1-6H3/q+1. The van der Waals surface area contributed by atoms with Crippen LogP contribution in [-0.4, -0.2) is 31.2 Å². The summed E-state index contributed by atoms with van der Waals surface area (Å²) in [5, 5.41) is 0. The molecule has 1 heterocycles. The second kappa shape index (κ2) is 4.68. The summed E-state index contributed by atoms with van der Waals surface area (Å²) in [5.41, 5.74) is 1.04. The lowest BCUT2D eigenvalue weighted by Crippen LogP contribution is -2.60. The van der Waals surface area contributed by atoms with Gasteiger partial charge in [0.15, 0.2) is 0 Å². The van der Waals surface area contributed by atoms with Crippen molar-refractivity contribution < 1.29 is 4.48 Å². The van der Waals surface area contributed by atoms with E-state index in [4.69, 9.17) is 0 Å². The van der Waals surface area contributed by atoms with E-state index in [1.165, 1.54) is 49.8 Å². The molecule has 2 unspecified atom stereocenters. The van der Waals surface area contributed by atoms with Gasteiger partial charge < -0.3 is 4.48 Å². The van der Waals surface area contributed by atoms with Crippen molar-refractivity contribution in [3.05, 3.63) is 0 Å². The third kappa shape index (κ3) is 2.61. The van der Waals surface area contributed by atoms with E-state index >= 15 is 0 Å². The van der Waals surface area contributed by atoms with Crippen LogP contribution in [0.5, 0.6) is 0 Å². The van der Waals surface area contributed by atoms with Gasteiger partial charge in [0.25, 0.3) is 0 Å². The van der Waals surface area contributed by atoms with Crippen LogP contribution >= 0.6 is 0 Å². The Kier molecular flexibility index (Phi) is 4.10. The molecule has 0 saturated carbocycles. The number of hydrogen-bond donors (Lipinski definition) is 0. The summed E-state index contributed by atoms with van der Waals surface area (Å²) < 4.78 is 1.31. The topological polar surface area (TPSA) is 0 Å². The zero-order chi connectivity index (χ0) is 12.4. The molecule has 2 atom stereocenters. The Hall–Kier alpha value is -0.0400. The largest absolute Gasteiger partial charge is 0.326 e. The minimum Gasteiger partial charge on any atom is -0.326 e. The van der Waals surface area contributed by atoms with Gasteiger partial charge in [0.1, 0.15) is 0 Å². The second-order valence-electron chi connectivity index (χ2n) is 7.13. The average Bonchev–Trinajstić information content (AvgIpc) is 2.22. The van der Waals surface area contributed by atoms with Crippen LogP contribution in [0.2, 0.25) is 0 Å². The summed E-state index contributed by atoms with van der Waals surface area (Å²) in [5.74, 6) is 0. The van der Waals surface area contributed by atoms with E-state index in [-0.39, 0.29) is 0 Å². The molecule has 0 aromatic rings. The third-order valence-electron chi connectivity index (χ3n) is 5.47. The third-order valence-corrected chi connectivity index (χ3v) is 5.47. The van der Waals surface area contributed by atoms with Crippen LogP contribution in [0.3, 0.4) is 0 Å². The Balaban J connectivity index is 2.76. The SMILES string of the molecule is CCCC[N+]1(C)CCC(C)(C)C(C)(CC)C1. The number of rotatable bonds is 4. The highest BCUT2D eigenvalue weighted by molar-refractivity contribution is 4.91. The smallest absolute Gasteiger partial charge is 0.0844 e. The fourth-order valence-corrected chi connectivity index (χ4v) is 3.31. The van der Waals surface area contributed by atoms with E-state index in [0.717, 1.165) is 0 Å². The van der Waals surface area contributed by atoms with Crippen molar-refractivity contribution >= 4 is 0 Å². The number of hydrogen-bond acceptors (Lipinski definition) is 0. The molecular formula is C15H32N+. The van der Waals surface area contributed by atoms with Crippen molar-refractivity contribution in [1.82, 2.24) is 0 Å². The average molecular weight is 226 g/mol. The molecule has 1 aliphatic rings. The molecule has 1 saturated heterocycles. The Morgan fingerprint density at radius 2 is 1.75 bits per heavy atom. The van der Waals surface area contributed by atoms with E-state index in [1.807, 2.05) is 0 Å². The van der Waals surface area contributed by atoms with Crippen LogP contribution in [0.4, 0.5) is 0 Å². The fraction of sp³-hybridized carbons (Fsp3) is 1.00. The molecule has 0 aromatic carbocycles. The van der Waals surface area contributed by atoms with Crippen molar-refractivity contribution in [3.63, 3.8) is 0 Å². The van der Waals surface area contributed by atoms with Gasteiger partial charge in [0.05, 0.1) is 26.7 Å². The number of quaternary nitrogens is 1. The van der Waals surface area contributed by atoms with Crippen LogP contribution in [0.15, 0.2) is 0 Å². The van der Waals surface area contributed by atoms with E-state index < -0.39 is 0 Å². The first-order chi connectivity index (χ1) is 7.29. The minimum atomic E-state index is 0.520. The zero-order valence-electron chi connectivity index (χ0n) is 12.4. The zero-order valence-corrected chi connectivity index (χ0v) is 12.4. The van der Waals surface area contributed by atoms with Crippen LogP contribution in [-0.2, 0) is 0 Å². The van der Waals surface area contributed by atoms with Crippen molar-refractivity contribution in [2.45, 2.75) is 60.3 Å². The van der Waals surface area contributed by atoms with E-state index in [1.54, 1.807) is 0 Å². The molecule has 1 fully saturated rings. The molecule has 1 heteroatoms. The maximum atomic E-state index is 2.51. The normalized spacial score (nSPS) is 38.6. The molecule has 1 aliphatic heterocycles. The van der Waals surface area contributed by atoms with Crippen molar-refractivity contribution in [3.8, 4) is 0 Å². The summed E-state index contributed by atoms with van der Waals surface area (Å²) in [7, 11) is 2.47. The highest BCUT2D eigenvalue weighted by Gasteiger charge is 2.49. The second-order valence-corrected chi connectivity index (χ2v) is 7.13. The van der Waals surface area contributed by atoms with Gasteiger partial charge in [-0.05, 0) is 18.3 Å². The summed E-state index contributed by atoms with van der Waals surface area (Å²) in [6.45, 7) is 16.3. The summed E-state index contributed by atoms with van der Waals surface area (Å²) in [6, 6.07) is 0. The summed E-state index contributed by atoms with van der Waals surface area (Å²) in [6.07, 6.45) is 5.42. The predicted octanol–water partition coefficient (Wildman–Crippen LogP) is 4.08. The monoisotopic (exact) mass is 226 g/mol. The van der Waals surface area contributed by atoms with Gasteiger partial charge >= 0.3 is 0 Å². The number of unbranched alkanes of at least 4 members (excludes halogenated alkanes) is 1. The molecule has 96 valence electrons. The molecule has 1 rings (SSSR count). The van der Waals surface area contributed by atoms with Gasteiger partial charge in [-0.2, -0.15) is 0 Å². The molecular weight excluding hydrogens is 194 g/mol. The van der Waals surface area contributed by atoms with Gasteiger partial charge in [-0.1, -0.05) is 41.0 Å². The quantitative estimate of drug-likeness (QED) is 0.634. The predicted molar refractivity (Wildman–Crippen MR) is 72.5 cm³/mol. The lowest BCUT2D eigenvalue weighted by Gasteiger charge is -2.55. The molecule has 0 bridgehead atoms. The van der Waals surface area contributed by atoms with Crippen LogP contribution in [0.25, 0.3) is 0 Å². The van der Waals surface area contributed by atoms with Crippen molar-refractivity contribution in [1.29, 1.82) is 0 Å². The fourth-order valence-electron chi connectivity index (χ4n) is 3.31. The van der Waals surface area contributed by atoms with Crippen molar-refractivity contribution in [2.24, 2.45) is 10.8 Å². The molecule has 0 amide bonds. The Morgan fingerprint density at radius 3 is 2.25 bits per heavy atom. The van der Waals surface area contributed by atoms with E-state index in [2.05, 4.69) is 41.7 Å². The molecule has 0 aromatic heterocycles. The van der Waals surface area contributed by atoms with E-state index in [9.17, 15) is 0 Å². The first kappa shape index (κ1) is 14.0. The van der Waals surface area contributed by atoms with Gasteiger partial charge in [0.2, 0.25) is 0 Å². The minimum absolute atomic E-state index is 0.520. The van der Waals surface area contributed by atoms with Crippen LogP contribution < -0.4 is 0 Å². The number of piperidine rings is 1. The molecule has 0 radical (unpaired) electrons. The van der Waals surface area contributed by atoms with E-state index in [0.29, 0.717) is 10.8 Å².